The van der Waals surface area contributed by atoms with Gasteiger partial charge in [-0.1, -0.05) is 32.6 Å². The topological polar surface area (TPSA) is 15.3 Å². The zero-order valence-electron chi connectivity index (χ0n) is 12.5. The van der Waals surface area contributed by atoms with Gasteiger partial charge in [0.25, 0.3) is 0 Å². The van der Waals surface area contributed by atoms with E-state index >= 15 is 0 Å². The van der Waals surface area contributed by atoms with E-state index in [1.165, 1.54) is 44.5 Å². The zero-order valence-corrected chi connectivity index (χ0v) is 13.3. The highest BCUT2D eigenvalue weighted by atomic mass is 32.2. The molecule has 2 fully saturated rings. The average Bonchev–Trinajstić information content (AvgIpc) is 2.83. The molecule has 0 aromatic carbocycles. The molecular weight excluding hydrogens is 252 g/mol. The van der Waals surface area contributed by atoms with Gasteiger partial charge < -0.3 is 5.32 Å². The molecule has 1 saturated heterocycles. The molecule has 0 aromatic rings. The Morgan fingerprint density at radius 3 is 2.79 bits per heavy atom. The molecule has 2 nitrogen and oxygen atoms in total. The van der Waals surface area contributed by atoms with Crippen LogP contribution in [0.15, 0.2) is 0 Å². The molecule has 1 heterocycles. The van der Waals surface area contributed by atoms with Crippen LogP contribution in [0.3, 0.4) is 0 Å². The smallest absolute Gasteiger partial charge is 0.0545 e. The van der Waals surface area contributed by atoms with Gasteiger partial charge in [-0.3, -0.25) is 4.90 Å². The number of thioether (sulfide) groups is 1. The summed E-state index contributed by atoms with van der Waals surface area (Å²) in [6.07, 6.45) is 10.9. The van der Waals surface area contributed by atoms with Gasteiger partial charge in [-0.05, 0) is 18.8 Å². The molecule has 1 unspecified atom stereocenters. The van der Waals surface area contributed by atoms with Crippen LogP contribution in [0.5, 0.6) is 0 Å². The molecule has 108 valence electrons. The molecule has 0 amide bonds. The van der Waals surface area contributed by atoms with Gasteiger partial charge >= 0.3 is 0 Å². The molecule has 19 heavy (non-hydrogen) atoms. The van der Waals surface area contributed by atoms with Crippen LogP contribution in [0.1, 0.15) is 39.5 Å². The SMILES string of the molecule is C#CCSCCN1CC2(CCCC2)NCC1C(C)C. The van der Waals surface area contributed by atoms with E-state index in [4.69, 9.17) is 6.42 Å². The molecule has 1 spiro atoms. The molecule has 0 aromatic heterocycles. The molecular formula is C16H28N2S. The summed E-state index contributed by atoms with van der Waals surface area (Å²) in [5.41, 5.74) is 0.433. The number of rotatable bonds is 5. The summed E-state index contributed by atoms with van der Waals surface area (Å²) < 4.78 is 0. The van der Waals surface area contributed by atoms with Crippen LogP contribution in [0.2, 0.25) is 0 Å². The molecule has 1 aliphatic heterocycles. The molecule has 1 N–H and O–H groups in total. The molecule has 2 rings (SSSR count). The van der Waals surface area contributed by atoms with E-state index < -0.39 is 0 Å². The molecule has 1 saturated carbocycles. The van der Waals surface area contributed by atoms with Crippen LogP contribution < -0.4 is 5.32 Å². The van der Waals surface area contributed by atoms with Crippen molar-refractivity contribution in [3.63, 3.8) is 0 Å². The second-order valence-corrected chi connectivity index (χ2v) is 7.51. The molecule has 1 aliphatic carbocycles. The van der Waals surface area contributed by atoms with Crippen LogP contribution >= 0.6 is 11.8 Å². The maximum absolute atomic E-state index is 5.32. The van der Waals surface area contributed by atoms with Gasteiger partial charge in [-0.15, -0.1) is 18.2 Å². The van der Waals surface area contributed by atoms with Gasteiger partial charge in [0.15, 0.2) is 0 Å². The van der Waals surface area contributed by atoms with Crippen molar-refractivity contribution in [3.8, 4) is 12.3 Å². The van der Waals surface area contributed by atoms with Crippen molar-refractivity contribution in [2.45, 2.75) is 51.1 Å². The Labute approximate surface area is 123 Å². The highest BCUT2D eigenvalue weighted by Gasteiger charge is 2.41. The van der Waals surface area contributed by atoms with Crippen molar-refractivity contribution in [1.29, 1.82) is 0 Å². The monoisotopic (exact) mass is 280 g/mol. The quantitative estimate of drug-likeness (QED) is 0.615. The minimum Gasteiger partial charge on any atom is -0.308 e. The first-order chi connectivity index (χ1) is 9.17. The second kappa shape index (κ2) is 7.02. The molecule has 0 bridgehead atoms. The summed E-state index contributed by atoms with van der Waals surface area (Å²) in [6.45, 7) is 8.30. The van der Waals surface area contributed by atoms with Crippen LogP contribution in [0.25, 0.3) is 0 Å². The van der Waals surface area contributed by atoms with Crippen LogP contribution in [0, 0.1) is 18.3 Å². The van der Waals surface area contributed by atoms with Gasteiger partial charge in [0, 0.05) is 37.0 Å². The molecule has 2 aliphatic rings. The summed E-state index contributed by atoms with van der Waals surface area (Å²) >= 11 is 1.89. The predicted molar refractivity (Wildman–Crippen MR) is 85.6 cm³/mol. The summed E-state index contributed by atoms with van der Waals surface area (Å²) in [4.78, 5) is 2.73. The normalized spacial score (nSPS) is 26.9. The first-order valence-corrected chi connectivity index (χ1v) is 8.83. The third-order valence-corrected chi connectivity index (χ3v) is 5.54. The highest BCUT2D eigenvalue weighted by molar-refractivity contribution is 7.99. The fourth-order valence-electron chi connectivity index (χ4n) is 3.61. The Kier molecular flexibility index (Phi) is 5.62. The van der Waals surface area contributed by atoms with Crippen molar-refractivity contribution >= 4 is 11.8 Å². The second-order valence-electron chi connectivity index (χ2n) is 6.41. The maximum atomic E-state index is 5.32. The fraction of sp³-hybridized carbons (Fsp3) is 0.875. The lowest BCUT2D eigenvalue weighted by molar-refractivity contribution is 0.0627. The van der Waals surface area contributed by atoms with E-state index in [1.807, 2.05) is 11.8 Å². The van der Waals surface area contributed by atoms with Crippen molar-refractivity contribution in [3.05, 3.63) is 0 Å². The first-order valence-electron chi connectivity index (χ1n) is 7.67. The molecule has 0 radical (unpaired) electrons. The highest BCUT2D eigenvalue weighted by Crippen LogP contribution is 2.34. The third kappa shape index (κ3) is 3.90. The summed E-state index contributed by atoms with van der Waals surface area (Å²) in [5.74, 6) is 5.47. The summed E-state index contributed by atoms with van der Waals surface area (Å²) in [5, 5.41) is 3.88. The van der Waals surface area contributed by atoms with E-state index in [0.29, 0.717) is 11.6 Å². The number of hydrogen-bond acceptors (Lipinski definition) is 3. The molecule has 3 heteroatoms. The van der Waals surface area contributed by atoms with Crippen LogP contribution in [-0.2, 0) is 0 Å². The van der Waals surface area contributed by atoms with Crippen molar-refractivity contribution in [2.24, 2.45) is 5.92 Å². The largest absolute Gasteiger partial charge is 0.308 e. The Morgan fingerprint density at radius 1 is 1.42 bits per heavy atom. The van der Waals surface area contributed by atoms with Gasteiger partial charge in [0.1, 0.15) is 0 Å². The Hall–Kier alpha value is -0.170. The van der Waals surface area contributed by atoms with Gasteiger partial charge in [-0.2, -0.15) is 0 Å². The van der Waals surface area contributed by atoms with Crippen molar-refractivity contribution in [1.82, 2.24) is 10.2 Å². The lowest BCUT2D eigenvalue weighted by Gasteiger charge is -2.48. The standard InChI is InChI=1S/C16H28N2S/c1-4-10-19-11-9-18-13-16(7-5-6-8-16)17-12-15(18)14(2)3/h1,14-15,17H,5-13H2,2-3H3. The number of terminal acetylenes is 1. The van der Waals surface area contributed by atoms with E-state index in [1.54, 1.807) is 0 Å². The van der Waals surface area contributed by atoms with Crippen LogP contribution in [-0.4, -0.2) is 47.6 Å². The maximum Gasteiger partial charge on any atom is 0.0545 e. The Morgan fingerprint density at radius 2 is 2.16 bits per heavy atom. The van der Waals surface area contributed by atoms with E-state index in [0.717, 1.165) is 18.2 Å². The lowest BCUT2D eigenvalue weighted by Crippen LogP contribution is -2.64. The lowest BCUT2D eigenvalue weighted by atomic mass is 9.89. The van der Waals surface area contributed by atoms with Gasteiger partial charge in [0.05, 0.1) is 5.75 Å². The van der Waals surface area contributed by atoms with E-state index in [9.17, 15) is 0 Å². The van der Waals surface area contributed by atoms with Crippen molar-refractivity contribution < 1.29 is 0 Å². The van der Waals surface area contributed by atoms with Crippen LogP contribution in [0.4, 0.5) is 0 Å². The number of hydrogen-bond donors (Lipinski definition) is 1. The number of nitrogens with zero attached hydrogens (tertiary/aromatic N) is 1. The third-order valence-electron chi connectivity index (χ3n) is 4.70. The number of piperazine rings is 1. The van der Waals surface area contributed by atoms with E-state index in [2.05, 4.69) is 30.0 Å². The minimum atomic E-state index is 0.433. The summed E-state index contributed by atoms with van der Waals surface area (Å²) in [7, 11) is 0. The predicted octanol–water partition coefficient (Wildman–Crippen LogP) is 2.60. The van der Waals surface area contributed by atoms with Crippen molar-refractivity contribution in [2.75, 3.05) is 31.1 Å². The molecule has 1 atom stereocenters. The van der Waals surface area contributed by atoms with E-state index in [-0.39, 0.29) is 0 Å². The minimum absolute atomic E-state index is 0.433. The summed E-state index contributed by atoms with van der Waals surface area (Å²) in [6, 6.07) is 0.692. The average molecular weight is 280 g/mol. The van der Waals surface area contributed by atoms with Gasteiger partial charge in [-0.25, -0.2) is 0 Å². The zero-order chi connectivity index (χ0) is 13.7. The first kappa shape index (κ1) is 15.2. The Bertz CT molecular complexity index is 315. The Balaban J connectivity index is 1.91. The van der Waals surface area contributed by atoms with Gasteiger partial charge in [0.2, 0.25) is 0 Å². The fourth-order valence-corrected chi connectivity index (χ4v) is 4.24. The number of nitrogens with one attached hydrogen (secondary N) is 1.